The van der Waals surface area contributed by atoms with Gasteiger partial charge in [0.15, 0.2) is 9.84 Å². The smallest absolute Gasteiger partial charge is 0.228 e. The summed E-state index contributed by atoms with van der Waals surface area (Å²) in [7, 11) is -2.96. The Kier molecular flexibility index (Phi) is 4.26. The first-order chi connectivity index (χ1) is 10.5. The molecule has 5 nitrogen and oxygen atoms in total. The van der Waals surface area contributed by atoms with E-state index in [1.165, 1.54) is 11.3 Å². The highest BCUT2D eigenvalue weighted by Gasteiger charge is 2.25. The van der Waals surface area contributed by atoms with Crippen LogP contribution < -0.4 is 0 Å². The van der Waals surface area contributed by atoms with Crippen LogP contribution in [0.15, 0.2) is 35.7 Å². The van der Waals surface area contributed by atoms with Crippen molar-refractivity contribution in [2.45, 2.75) is 6.42 Å². The first-order valence-corrected chi connectivity index (χ1v) is 9.72. The summed E-state index contributed by atoms with van der Waals surface area (Å²) in [6.07, 6.45) is 0.226. The predicted octanol–water partition coefficient (Wildman–Crippen LogP) is 1.61. The number of aromatic nitrogens is 1. The fourth-order valence-electron chi connectivity index (χ4n) is 2.33. The zero-order valence-electron chi connectivity index (χ0n) is 11.9. The number of hydrogen-bond donors (Lipinski definition) is 0. The van der Waals surface area contributed by atoms with E-state index >= 15 is 0 Å². The molecule has 1 aromatic carbocycles. The average Bonchev–Trinajstić information content (AvgIpc) is 2.96. The normalized spacial score (nSPS) is 17.4. The van der Waals surface area contributed by atoms with Gasteiger partial charge < -0.3 is 4.90 Å². The molecule has 0 saturated carbocycles. The Morgan fingerprint density at radius 1 is 1.18 bits per heavy atom. The SMILES string of the molecule is O=C(Cc1csc(-c2ccccc2)n1)N1CCS(=O)(=O)CC1. The molecular formula is C15H16N2O3S2. The number of rotatable bonds is 3. The zero-order valence-corrected chi connectivity index (χ0v) is 13.6. The molecule has 1 saturated heterocycles. The molecule has 0 aliphatic carbocycles. The van der Waals surface area contributed by atoms with Gasteiger partial charge in [-0.1, -0.05) is 30.3 Å². The Morgan fingerprint density at radius 3 is 2.55 bits per heavy atom. The third-order valence-corrected chi connectivity index (χ3v) is 6.15. The second-order valence-corrected chi connectivity index (χ2v) is 8.38. The van der Waals surface area contributed by atoms with E-state index in [0.29, 0.717) is 0 Å². The van der Waals surface area contributed by atoms with Crippen molar-refractivity contribution in [2.24, 2.45) is 0 Å². The topological polar surface area (TPSA) is 67.3 Å². The van der Waals surface area contributed by atoms with Gasteiger partial charge in [0.2, 0.25) is 5.91 Å². The first kappa shape index (κ1) is 15.2. The number of carbonyl (C=O) groups excluding carboxylic acids is 1. The molecule has 2 heterocycles. The van der Waals surface area contributed by atoms with Gasteiger partial charge in [-0.05, 0) is 0 Å². The molecule has 1 aliphatic rings. The van der Waals surface area contributed by atoms with Crippen LogP contribution in [0, 0.1) is 0 Å². The second-order valence-electron chi connectivity index (χ2n) is 5.22. The molecule has 2 aromatic rings. The van der Waals surface area contributed by atoms with Gasteiger partial charge in [0.25, 0.3) is 0 Å². The van der Waals surface area contributed by atoms with E-state index in [1.54, 1.807) is 4.90 Å². The number of benzene rings is 1. The molecule has 0 unspecified atom stereocenters. The van der Waals surface area contributed by atoms with Crippen LogP contribution in [-0.4, -0.2) is 48.8 Å². The van der Waals surface area contributed by atoms with Crippen molar-refractivity contribution in [1.82, 2.24) is 9.88 Å². The van der Waals surface area contributed by atoms with Gasteiger partial charge in [0, 0.05) is 24.0 Å². The van der Waals surface area contributed by atoms with E-state index in [4.69, 9.17) is 0 Å². The number of amides is 1. The molecule has 1 aliphatic heterocycles. The van der Waals surface area contributed by atoms with Crippen molar-refractivity contribution in [1.29, 1.82) is 0 Å². The van der Waals surface area contributed by atoms with Crippen LogP contribution in [-0.2, 0) is 21.1 Å². The van der Waals surface area contributed by atoms with Gasteiger partial charge in [0.1, 0.15) is 5.01 Å². The maximum atomic E-state index is 12.2. The predicted molar refractivity (Wildman–Crippen MR) is 86.5 cm³/mol. The molecule has 0 spiro atoms. The highest BCUT2D eigenvalue weighted by atomic mass is 32.2. The molecule has 22 heavy (non-hydrogen) atoms. The lowest BCUT2D eigenvalue weighted by molar-refractivity contribution is -0.130. The highest BCUT2D eigenvalue weighted by molar-refractivity contribution is 7.91. The van der Waals surface area contributed by atoms with Gasteiger partial charge in [-0.25, -0.2) is 13.4 Å². The van der Waals surface area contributed by atoms with Gasteiger partial charge in [0.05, 0.1) is 23.6 Å². The fourth-order valence-corrected chi connectivity index (χ4v) is 4.36. The van der Waals surface area contributed by atoms with Crippen LogP contribution >= 0.6 is 11.3 Å². The summed E-state index contributed by atoms with van der Waals surface area (Å²) in [5, 5.41) is 2.78. The summed E-state index contributed by atoms with van der Waals surface area (Å²) in [5.41, 5.74) is 1.78. The molecule has 0 radical (unpaired) electrons. The summed E-state index contributed by atoms with van der Waals surface area (Å²) in [6.45, 7) is 0.577. The van der Waals surface area contributed by atoms with Crippen molar-refractivity contribution < 1.29 is 13.2 Å². The molecule has 0 bridgehead atoms. The summed E-state index contributed by atoms with van der Waals surface area (Å²) in [4.78, 5) is 18.3. The summed E-state index contributed by atoms with van der Waals surface area (Å²) in [6, 6.07) is 9.83. The average molecular weight is 336 g/mol. The number of nitrogens with zero attached hydrogens (tertiary/aromatic N) is 2. The molecule has 3 rings (SSSR count). The van der Waals surface area contributed by atoms with Gasteiger partial charge in [-0.2, -0.15) is 0 Å². The minimum atomic E-state index is -2.96. The van der Waals surface area contributed by atoms with E-state index < -0.39 is 9.84 Å². The Morgan fingerprint density at radius 2 is 1.86 bits per heavy atom. The van der Waals surface area contributed by atoms with Crippen LogP contribution in [0.3, 0.4) is 0 Å². The molecule has 1 aromatic heterocycles. The Hall–Kier alpha value is -1.73. The number of sulfone groups is 1. The molecular weight excluding hydrogens is 320 g/mol. The molecule has 1 fully saturated rings. The minimum Gasteiger partial charge on any atom is -0.340 e. The number of carbonyl (C=O) groups is 1. The first-order valence-electron chi connectivity index (χ1n) is 7.01. The van der Waals surface area contributed by atoms with Crippen LogP contribution in [0.2, 0.25) is 0 Å². The standard InChI is InChI=1S/C15H16N2O3S2/c18-14(17-6-8-22(19,20)9-7-17)10-13-11-21-15(16-13)12-4-2-1-3-5-12/h1-5,11H,6-10H2. The Bertz CT molecular complexity index is 755. The maximum absolute atomic E-state index is 12.2. The number of thiazole rings is 1. The minimum absolute atomic E-state index is 0.0557. The quantitative estimate of drug-likeness (QED) is 0.854. The van der Waals surface area contributed by atoms with Crippen molar-refractivity contribution in [3.05, 3.63) is 41.4 Å². The second kappa shape index (κ2) is 6.18. The summed E-state index contributed by atoms with van der Waals surface area (Å²) in [5.74, 6) is 0.0654. The van der Waals surface area contributed by atoms with Crippen LogP contribution in [0.25, 0.3) is 10.6 Å². The van der Waals surface area contributed by atoms with Crippen molar-refractivity contribution in [3.63, 3.8) is 0 Å². The van der Waals surface area contributed by atoms with Crippen molar-refractivity contribution in [2.75, 3.05) is 24.6 Å². The third-order valence-electron chi connectivity index (χ3n) is 3.60. The summed E-state index contributed by atoms with van der Waals surface area (Å²) >= 11 is 1.51. The Labute approximate surface area is 133 Å². The molecule has 7 heteroatoms. The molecule has 1 amide bonds. The van der Waals surface area contributed by atoms with Crippen LogP contribution in [0.1, 0.15) is 5.69 Å². The van der Waals surface area contributed by atoms with Crippen LogP contribution in [0.5, 0.6) is 0 Å². The molecule has 116 valence electrons. The van der Waals surface area contributed by atoms with Gasteiger partial charge in [-0.15, -0.1) is 11.3 Å². The lowest BCUT2D eigenvalue weighted by Gasteiger charge is -2.26. The fraction of sp³-hybridized carbons (Fsp3) is 0.333. The molecule has 0 N–H and O–H groups in total. The van der Waals surface area contributed by atoms with Crippen molar-refractivity contribution >= 4 is 27.1 Å². The Balaban J connectivity index is 1.64. The summed E-state index contributed by atoms with van der Waals surface area (Å²) < 4.78 is 22.8. The lowest BCUT2D eigenvalue weighted by atomic mass is 10.2. The monoisotopic (exact) mass is 336 g/mol. The van der Waals surface area contributed by atoms with E-state index in [1.807, 2.05) is 35.7 Å². The molecule has 0 atom stereocenters. The number of hydrogen-bond acceptors (Lipinski definition) is 5. The van der Waals surface area contributed by atoms with E-state index in [2.05, 4.69) is 4.98 Å². The van der Waals surface area contributed by atoms with Crippen LogP contribution in [0.4, 0.5) is 0 Å². The maximum Gasteiger partial charge on any atom is 0.228 e. The van der Waals surface area contributed by atoms with E-state index in [9.17, 15) is 13.2 Å². The third kappa shape index (κ3) is 3.53. The van der Waals surface area contributed by atoms with E-state index in [0.717, 1.165) is 16.3 Å². The largest absolute Gasteiger partial charge is 0.340 e. The highest BCUT2D eigenvalue weighted by Crippen LogP contribution is 2.23. The van der Waals surface area contributed by atoms with Gasteiger partial charge >= 0.3 is 0 Å². The van der Waals surface area contributed by atoms with Crippen molar-refractivity contribution in [3.8, 4) is 10.6 Å². The van der Waals surface area contributed by atoms with E-state index in [-0.39, 0.29) is 36.9 Å². The zero-order chi connectivity index (χ0) is 15.6. The lowest BCUT2D eigenvalue weighted by Crippen LogP contribution is -2.44. The van der Waals surface area contributed by atoms with Gasteiger partial charge in [-0.3, -0.25) is 4.79 Å².